The molecule has 0 aliphatic carbocycles. The summed E-state index contributed by atoms with van der Waals surface area (Å²) in [6, 6.07) is 9.31. The van der Waals surface area contributed by atoms with Crippen LogP contribution in [0.15, 0.2) is 36.7 Å². The van der Waals surface area contributed by atoms with Crippen molar-refractivity contribution in [2.75, 3.05) is 0 Å². The molecule has 33 heavy (non-hydrogen) atoms. The fraction of sp³-hybridized carbons (Fsp3) is 0.630. The Morgan fingerprint density at radius 2 is 1.18 bits per heavy atom. The Morgan fingerprint density at radius 3 is 1.67 bits per heavy atom. The second kappa shape index (κ2) is 13.9. The third kappa shape index (κ3) is 9.10. The minimum atomic E-state index is 0.454. The number of unbranched alkanes of at least 4 members (excludes halogenated alkanes) is 6. The highest BCUT2D eigenvalue weighted by Crippen LogP contribution is 2.14. The van der Waals surface area contributed by atoms with Gasteiger partial charge in [0, 0.05) is 25.5 Å². The smallest absolute Gasteiger partial charge is 0.0852 e. The molecule has 2 heterocycles. The molecule has 0 N–H and O–H groups in total. The van der Waals surface area contributed by atoms with Crippen molar-refractivity contribution in [3.8, 4) is 0 Å². The predicted molar refractivity (Wildman–Crippen MR) is 134 cm³/mol. The molecule has 0 amide bonds. The van der Waals surface area contributed by atoms with Gasteiger partial charge in [-0.25, -0.2) is 0 Å². The number of hydrogen-bond acceptors (Lipinski definition) is 4. The van der Waals surface area contributed by atoms with E-state index in [1.807, 2.05) is 9.36 Å². The molecule has 6 nitrogen and oxygen atoms in total. The van der Waals surface area contributed by atoms with Gasteiger partial charge >= 0.3 is 0 Å². The van der Waals surface area contributed by atoms with Crippen LogP contribution in [0.25, 0.3) is 0 Å². The largest absolute Gasteiger partial charge is 0.252 e. The van der Waals surface area contributed by atoms with E-state index in [4.69, 9.17) is 0 Å². The summed E-state index contributed by atoms with van der Waals surface area (Å²) in [5, 5.41) is 16.8. The molecule has 0 radical (unpaired) electrons. The van der Waals surface area contributed by atoms with E-state index < -0.39 is 0 Å². The van der Waals surface area contributed by atoms with Gasteiger partial charge in [0.1, 0.15) is 0 Å². The quantitative estimate of drug-likeness (QED) is 0.245. The number of aromatic nitrogens is 6. The van der Waals surface area contributed by atoms with E-state index >= 15 is 0 Å². The number of rotatable bonds is 16. The van der Waals surface area contributed by atoms with Gasteiger partial charge in [-0.2, -0.15) is 0 Å². The average molecular weight is 451 g/mol. The van der Waals surface area contributed by atoms with Crippen LogP contribution in [-0.4, -0.2) is 30.0 Å². The van der Waals surface area contributed by atoms with Crippen molar-refractivity contribution >= 4 is 0 Å². The summed E-state index contributed by atoms with van der Waals surface area (Å²) in [4.78, 5) is 0. The van der Waals surface area contributed by atoms with Gasteiger partial charge in [-0.3, -0.25) is 9.36 Å². The summed E-state index contributed by atoms with van der Waals surface area (Å²) < 4.78 is 3.98. The van der Waals surface area contributed by atoms with Gasteiger partial charge in [0.25, 0.3) is 0 Å². The fourth-order valence-electron chi connectivity index (χ4n) is 4.08. The second-order valence-corrected chi connectivity index (χ2v) is 9.53. The molecule has 3 aromatic rings. The number of benzene rings is 1. The third-order valence-electron chi connectivity index (χ3n) is 6.32. The zero-order chi connectivity index (χ0) is 23.3. The number of hydrogen-bond donors (Lipinski definition) is 0. The van der Waals surface area contributed by atoms with Crippen LogP contribution >= 0.6 is 0 Å². The summed E-state index contributed by atoms with van der Waals surface area (Å²) in [5.74, 6) is 0.454. The van der Waals surface area contributed by atoms with E-state index in [2.05, 4.69) is 78.1 Å². The van der Waals surface area contributed by atoms with E-state index in [0.717, 1.165) is 30.9 Å². The molecule has 0 aliphatic rings. The predicted octanol–water partition coefficient (Wildman–Crippen LogP) is 6.16. The van der Waals surface area contributed by atoms with Gasteiger partial charge in [-0.05, 0) is 62.0 Å². The van der Waals surface area contributed by atoms with Crippen LogP contribution in [0.4, 0.5) is 0 Å². The molecule has 0 atom stereocenters. The molecule has 0 unspecified atom stereocenters. The zero-order valence-electron chi connectivity index (χ0n) is 20.9. The van der Waals surface area contributed by atoms with Crippen LogP contribution < -0.4 is 0 Å². The van der Waals surface area contributed by atoms with Gasteiger partial charge in [-0.15, -0.1) is 10.2 Å². The van der Waals surface area contributed by atoms with Gasteiger partial charge in [-0.1, -0.05) is 81.1 Å². The first-order chi connectivity index (χ1) is 16.1. The van der Waals surface area contributed by atoms with Gasteiger partial charge in [0.15, 0.2) is 0 Å². The lowest BCUT2D eigenvalue weighted by molar-refractivity contribution is 0.522. The second-order valence-electron chi connectivity index (χ2n) is 9.53. The average Bonchev–Trinajstić information content (AvgIpc) is 3.49. The van der Waals surface area contributed by atoms with Crippen LogP contribution in [0, 0.1) is 0 Å². The monoisotopic (exact) mass is 450 g/mol. The Labute approximate surface area is 199 Å². The van der Waals surface area contributed by atoms with E-state index in [9.17, 15) is 0 Å². The first kappa shape index (κ1) is 25.1. The summed E-state index contributed by atoms with van der Waals surface area (Å²) in [7, 11) is 0. The maximum atomic E-state index is 4.23. The normalized spacial score (nSPS) is 11.5. The highest BCUT2D eigenvalue weighted by molar-refractivity contribution is 5.22. The molecule has 0 bridgehead atoms. The molecule has 180 valence electrons. The van der Waals surface area contributed by atoms with E-state index in [-0.39, 0.29) is 0 Å². The lowest BCUT2D eigenvalue weighted by Crippen LogP contribution is -1.99. The molecule has 1 aromatic carbocycles. The van der Waals surface area contributed by atoms with Gasteiger partial charge in [0.2, 0.25) is 0 Å². The lowest BCUT2D eigenvalue weighted by Gasteiger charge is -2.06. The van der Waals surface area contributed by atoms with Crippen molar-refractivity contribution in [3.63, 3.8) is 0 Å². The minimum Gasteiger partial charge on any atom is -0.252 e. The van der Waals surface area contributed by atoms with Crippen molar-refractivity contribution in [1.29, 1.82) is 0 Å². The molecule has 6 heteroatoms. The van der Waals surface area contributed by atoms with Gasteiger partial charge in [0.05, 0.1) is 11.4 Å². The maximum absolute atomic E-state index is 4.23. The van der Waals surface area contributed by atoms with Crippen molar-refractivity contribution < 1.29 is 0 Å². The minimum absolute atomic E-state index is 0.454. The van der Waals surface area contributed by atoms with Crippen LogP contribution in [0.5, 0.6) is 0 Å². The summed E-state index contributed by atoms with van der Waals surface area (Å²) >= 11 is 0. The number of aryl methyl sites for hydroxylation is 5. The Balaban J connectivity index is 1.20. The van der Waals surface area contributed by atoms with Crippen molar-refractivity contribution in [2.24, 2.45) is 0 Å². The topological polar surface area (TPSA) is 61.4 Å². The fourth-order valence-corrected chi connectivity index (χ4v) is 4.08. The molecular formula is C27H42N6. The molecular weight excluding hydrogens is 408 g/mol. The van der Waals surface area contributed by atoms with Crippen molar-refractivity contribution in [1.82, 2.24) is 30.0 Å². The Hall–Kier alpha value is -2.50. The van der Waals surface area contributed by atoms with E-state index in [1.54, 1.807) is 0 Å². The van der Waals surface area contributed by atoms with Crippen molar-refractivity contribution in [3.05, 3.63) is 59.2 Å². The first-order valence-corrected chi connectivity index (χ1v) is 13.0. The molecule has 0 aliphatic heterocycles. The molecule has 2 aromatic heterocycles. The van der Waals surface area contributed by atoms with Crippen LogP contribution in [0.3, 0.4) is 0 Å². The molecule has 0 fully saturated rings. The van der Waals surface area contributed by atoms with Crippen LogP contribution in [0.2, 0.25) is 0 Å². The van der Waals surface area contributed by atoms with E-state index in [0.29, 0.717) is 5.92 Å². The maximum Gasteiger partial charge on any atom is 0.0852 e. The van der Waals surface area contributed by atoms with E-state index in [1.165, 1.54) is 75.3 Å². The van der Waals surface area contributed by atoms with Crippen molar-refractivity contribution in [2.45, 2.75) is 110 Å². The number of nitrogens with zero attached hydrogens (tertiary/aromatic N) is 6. The Morgan fingerprint density at radius 1 is 0.667 bits per heavy atom. The van der Waals surface area contributed by atoms with Crippen LogP contribution in [-0.2, 0) is 32.4 Å². The molecule has 3 rings (SSSR count). The standard InChI is InChI=1S/C27H42N6/c1-4-26-21-32(30-28-26)19-11-7-5-9-13-24-15-17-25(18-16-24)14-10-6-8-12-20-33-22-27(23(2)3)29-31-33/h15-18,21-23H,4-14,19-20H2,1-3H3. The van der Waals surface area contributed by atoms with Crippen LogP contribution in [0.1, 0.15) is 101 Å². The zero-order valence-corrected chi connectivity index (χ0v) is 20.9. The lowest BCUT2D eigenvalue weighted by atomic mass is 10.0. The first-order valence-electron chi connectivity index (χ1n) is 13.0. The Bertz CT molecular complexity index is 909. The highest BCUT2D eigenvalue weighted by Gasteiger charge is 2.04. The molecule has 0 spiro atoms. The Kier molecular flexibility index (Phi) is 10.6. The SMILES string of the molecule is CCc1cn(CCCCCCc2ccc(CCCCCCn3cc(C(C)C)nn3)cc2)nn1. The summed E-state index contributed by atoms with van der Waals surface area (Å²) in [6.07, 6.45) is 17.5. The third-order valence-corrected chi connectivity index (χ3v) is 6.32. The summed E-state index contributed by atoms with van der Waals surface area (Å²) in [5.41, 5.74) is 5.11. The molecule has 0 saturated heterocycles. The molecule has 0 saturated carbocycles. The summed E-state index contributed by atoms with van der Waals surface area (Å²) in [6.45, 7) is 8.40. The van der Waals surface area contributed by atoms with Gasteiger partial charge < -0.3 is 0 Å². The highest BCUT2D eigenvalue weighted by atomic mass is 15.4.